The topological polar surface area (TPSA) is 59.3 Å². The maximum Gasteiger partial charge on any atom is 0.287 e. The van der Waals surface area contributed by atoms with Crippen molar-refractivity contribution in [2.24, 2.45) is 0 Å². The van der Waals surface area contributed by atoms with E-state index in [2.05, 4.69) is 5.32 Å². The zero-order chi connectivity index (χ0) is 18.4. The Kier molecular flexibility index (Phi) is 4.69. The SMILES string of the molecule is Cc1c(C(=O)NC(C)(C)c2ccc(Cl)c(Cl)c2)oc2c1C(=O)CCC2. The molecule has 0 unspecified atom stereocenters. The minimum Gasteiger partial charge on any atom is -0.455 e. The van der Waals surface area contributed by atoms with Crippen molar-refractivity contribution < 1.29 is 14.0 Å². The largest absolute Gasteiger partial charge is 0.455 e. The Balaban J connectivity index is 1.89. The number of aryl methyl sites for hydroxylation is 1. The summed E-state index contributed by atoms with van der Waals surface area (Å²) in [6.07, 6.45) is 1.95. The molecule has 1 N–H and O–H groups in total. The monoisotopic (exact) mass is 379 g/mol. The van der Waals surface area contributed by atoms with Crippen LogP contribution < -0.4 is 5.32 Å². The molecule has 0 aliphatic heterocycles. The Morgan fingerprint density at radius 2 is 1.92 bits per heavy atom. The average molecular weight is 380 g/mol. The summed E-state index contributed by atoms with van der Waals surface area (Å²) >= 11 is 12.0. The van der Waals surface area contributed by atoms with Crippen LogP contribution in [-0.2, 0) is 12.0 Å². The minimum atomic E-state index is -0.685. The maximum absolute atomic E-state index is 12.8. The second-order valence-corrected chi connectivity index (χ2v) is 7.65. The van der Waals surface area contributed by atoms with Crippen molar-refractivity contribution in [2.75, 3.05) is 0 Å². The van der Waals surface area contributed by atoms with Crippen LogP contribution in [0.25, 0.3) is 0 Å². The number of rotatable bonds is 3. The molecule has 4 nitrogen and oxygen atoms in total. The molecule has 2 aromatic rings. The number of carbonyl (C=O) groups excluding carboxylic acids is 2. The van der Waals surface area contributed by atoms with E-state index in [1.54, 1.807) is 19.1 Å². The third-order valence-corrected chi connectivity index (χ3v) is 5.32. The number of amides is 1. The van der Waals surface area contributed by atoms with E-state index in [-0.39, 0.29) is 17.5 Å². The summed E-state index contributed by atoms with van der Waals surface area (Å²) in [5.74, 6) is 0.515. The highest BCUT2D eigenvalue weighted by molar-refractivity contribution is 6.42. The lowest BCUT2D eigenvalue weighted by Gasteiger charge is -2.27. The van der Waals surface area contributed by atoms with Gasteiger partial charge in [0.2, 0.25) is 0 Å². The molecular formula is C19H19Cl2NO3. The molecule has 0 spiro atoms. The number of hydrogen-bond acceptors (Lipinski definition) is 3. The Morgan fingerprint density at radius 3 is 2.56 bits per heavy atom. The molecule has 1 amide bonds. The van der Waals surface area contributed by atoms with Crippen molar-refractivity contribution >= 4 is 34.9 Å². The summed E-state index contributed by atoms with van der Waals surface area (Å²) in [6.45, 7) is 5.49. The van der Waals surface area contributed by atoms with Crippen molar-refractivity contribution in [3.05, 3.63) is 56.5 Å². The number of benzene rings is 1. The third kappa shape index (κ3) is 3.33. The molecule has 0 radical (unpaired) electrons. The van der Waals surface area contributed by atoms with E-state index in [9.17, 15) is 9.59 Å². The van der Waals surface area contributed by atoms with Gasteiger partial charge in [-0.25, -0.2) is 0 Å². The standard InChI is InChI=1S/C19H19Cl2NO3/c1-10-16-14(23)5-4-6-15(16)25-17(10)18(24)22-19(2,3)11-7-8-12(20)13(21)9-11/h7-9H,4-6H2,1-3H3,(H,22,24). The average Bonchev–Trinajstić information content (AvgIpc) is 2.88. The molecule has 0 fully saturated rings. The van der Waals surface area contributed by atoms with Gasteiger partial charge in [0.05, 0.1) is 21.1 Å². The van der Waals surface area contributed by atoms with Crippen molar-refractivity contribution in [3.8, 4) is 0 Å². The van der Waals surface area contributed by atoms with Crippen LogP contribution in [0.3, 0.4) is 0 Å². The smallest absolute Gasteiger partial charge is 0.287 e. The number of fused-ring (bicyclic) bond motifs is 1. The fourth-order valence-electron chi connectivity index (χ4n) is 3.16. The number of hydrogen-bond donors (Lipinski definition) is 1. The Hall–Kier alpha value is -1.78. The maximum atomic E-state index is 12.8. The first-order chi connectivity index (χ1) is 11.7. The predicted octanol–water partition coefficient (Wildman–Crippen LogP) is 5.08. The molecule has 3 rings (SSSR count). The zero-order valence-corrected chi connectivity index (χ0v) is 15.8. The molecule has 0 atom stereocenters. The molecule has 6 heteroatoms. The van der Waals surface area contributed by atoms with E-state index in [1.807, 2.05) is 19.9 Å². The number of furan rings is 1. The van der Waals surface area contributed by atoms with Gasteiger partial charge in [-0.3, -0.25) is 9.59 Å². The van der Waals surface area contributed by atoms with Crippen molar-refractivity contribution in [2.45, 2.75) is 45.6 Å². The van der Waals surface area contributed by atoms with Gasteiger partial charge >= 0.3 is 0 Å². The van der Waals surface area contributed by atoms with Crippen LogP contribution in [0, 0.1) is 6.92 Å². The van der Waals surface area contributed by atoms with Gasteiger partial charge in [0.1, 0.15) is 5.76 Å². The van der Waals surface area contributed by atoms with E-state index in [0.717, 1.165) is 12.0 Å². The van der Waals surface area contributed by atoms with Crippen molar-refractivity contribution in [3.63, 3.8) is 0 Å². The summed E-state index contributed by atoms with van der Waals surface area (Å²) in [5, 5.41) is 3.84. The summed E-state index contributed by atoms with van der Waals surface area (Å²) in [6, 6.07) is 5.24. The van der Waals surface area contributed by atoms with Gasteiger partial charge in [-0.15, -0.1) is 0 Å². The molecule has 0 saturated carbocycles. The molecule has 0 saturated heterocycles. The highest BCUT2D eigenvalue weighted by atomic mass is 35.5. The fourth-order valence-corrected chi connectivity index (χ4v) is 3.46. The van der Waals surface area contributed by atoms with Crippen LogP contribution >= 0.6 is 23.2 Å². The number of nitrogens with one attached hydrogen (secondary N) is 1. The predicted molar refractivity (Wildman–Crippen MR) is 97.7 cm³/mol. The van der Waals surface area contributed by atoms with Gasteiger partial charge < -0.3 is 9.73 Å². The molecule has 1 aliphatic rings. The van der Waals surface area contributed by atoms with Crippen LogP contribution in [0.5, 0.6) is 0 Å². The summed E-state index contributed by atoms with van der Waals surface area (Å²) in [5.41, 5.74) is 1.32. The van der Waals surface area contributed by atoms with Crippen LogP contribution in [0.4, 0.5) is 0 Å². The lowest BCUT2D eigenvalue weighted by molar-refractivity contribution is 0.0878. The van der Waals surface area contributed by atoms with Crippen LogP contribution in [0.1, 0.15) is 64.5 Å². The van der Waals surface area contributed by atoms with Crippen LogP contribution in [0.2, 0.25) is 10.0 Å². The van der Waals surface area contributed by atoms with Crippen molar-refractivity contribution in [1.82, 2.24) is 5.32 Å². The Labute approximate surface area is 156 Å². The highest BCUT2D eigenvalue weighted by Gasteiger charge is 2.31. The number of ketones is 1. The van der Waals surface area contributed by atoms with E-state index in [1.165, 1.54) is 0 Å². The van der Waals surface area contributed by atoms with Gasteiger partial charge in [0, 0.05) is 18.4 Å². The molecular weight excluding hydrogens is 361 g/mol. The van der Waals surface area contributed by atoms with E-state index < -0.39 is 5.54 Å². The first-order valence-electron chi connectivity index (χ1n) is 8.14. The molecule has 132 valence electrons. The summed E-state index contributed by atoms with van der Waals surface area (Å²) in [7, 11) is 0. The zero-order valence-electron chi connectivity index (χ0n) is 14.3. The highest BCUT2D eigenvalue weighted by Crippen LogP contribution is 2.31. The first-order valence-corrected chi connectivity index (χ1v) is 8.90. The molecule has 1 aromatic carbocycles. The number of Topliss-reactive ketones (excluding diaryl/α,β-unsaturated/α-hetero) is 1. The van der Waals surface area contributed by atoms with Gasteiger partial charge in [-0.1, -0.05) is 29.3 Å². The minimum absolute atomic E-state index is 0.0466. The van der Waals surface area contributed by atoms with Crippen LogP contribution in [-0.4, -0.2) is 11.7 Å². The van der Waals surface area contributed by atoms with Crippen molar-refractivity contribution in [1.29, 1.82) is 0 Å². The first kappa shape index (κ1) is 18.0. The Morgan fingerprint density at radius 1 is 1.20 bits per heavy atom. The third-order valence-electron chi connectivity index (χ3n) is 4.58. The lowest BCUT2D eigenvalue weighted by Crippen LogP contribution is -2.41. The van der Waals surface area contributed by atoms with E-state index in [0.29, 0.717) is 39.8 Å². The van der Waals surface area contributed by atoms with E-state index in [4.69, 9.17) is 27.6 Å². The lowest BCUT2D eigenvalue weighted by atomic mass is 9.93. The quantitative estimate of drug-likeness (QED) is 0.808. The second kappa shape index (κ2) is 6.50. The second-order valence-electron chi connectivity index (χ2n) is 6.84. The molecule has 1 aromatic heterocycles. The number of halogens is 2. The molecule has 25 heavy (non-hydrogen) atoms. The van der Waals surface area contributed by atoms with Gasteiger partial charge in [-0.2, -0.15) is 0 Å². The number of carbonyl (C=O) groups is 2. The Bertz CT molecular complexity index is 868. The summed E-state index contributed by atoms with van der Waals surface area (Å²) in [4.78, 5) is 24.9. The molecule has 0 bridgehead atoms. The normalized spacial score (nSPS) is 14.4. The molecule has 1 heterocycles. The van der Waals surface area contributed by atoms with Gasteiger partial charge in [0.15, 0.2) is 11.5 Å². The van der Waals surface area contributed by atoms with Crippen LogP contribution in [0.15, 0.2) is 22.6 Å². The molecule has 1 aliphatic carbocycles. The fraction of sp³-hybridized carbons (Fsp3) is 0.368. The van der Waals surface area contributed by atoms with E-state index >= 15 is 0 Å². The van der Waals surface area contributed by atoms with Gasteiger partial charge in [0.25, 0.3) is 5.91 Å². The van der Waals surface area contributed by atoms with Gasteiger partial charge in [-0.05, 0) is 44.9 Å². The summed E-state index contributed by atoms with van der Waals surface area (Å²) < 4.78 is 5.71.